The quantitative estimate of drug-likeness (QED) is 0.483. The molecule has 0 unspecified atom stereocenters. The van der Waals surface area contributed by atoms with Crippen molar-refractivity contribution in [1.29, 1.82) is 0 Å². The van der Waals surface area contributed by atoms with Crippen molar-refractivity contribution >= 4 is 26.1 Å². The molecule has 0 saturated carbocycles. The van der Waals surface area contributed by atoms with Crippen LogP contribution in [0.1, 0.15) is 27.2 Å². The van der Waals surface area contributed by atoms with Gasteiger partial charge in [0.05, 0.1) is 5.92 Å². The van der Waals surface area contributed by atoms with E-state index in [0.29, 0.717) is 13.0 Å². The van der Waals surface area contributed by atoms with E-state index in [-0.39, 0.29) is 17.5 Å². The van der Waals surface area contributed by atoms with Gasteiger partial charge in [-0.05, 0) is 24.6 Å². The van der Waals surface area contributed by atoms with E-state index in [0.717, 1.165) is 4.90 Å². The Bertz CT molecular complexity index is 427. The molecule has 7 heteroatoms. The van der Waals surface area contributed by atoms with Gasteiger partial charge in [0.1, 0.15) is 0 Å². The van der Waals surface area contributed by atoms with Crippen LogP contribution in [0.3, 0.4) is 0 Å². The van der Waals surface area contributed by atoms with Crippen molar-refractivity contribution in [3.05, 3.63) is 0 Å². The molecule has 1 heterocycles. The highest BCUT2D eigenvalue weighted by Crippen LogP contribution is 2.36. The van der Waals surface area contributed by atoms with Gasteiger partial charge >= 0.3 is 11.9 Å². The predicted molar refractivity (Wildman–Crippen MR) is 75.6 cm³/mol. The van der Waals surface area contributed by atoms with Crippen molar-refractivity contribution in [3.63, 3.8) is 0 Å². The van der Waals surface area contributed by atoms with Gasteiger partial charge < -0.3 is 9.53 Å². The molecule has 0 radical (unpaired) electrons. The van der Waals surface area contributed by atoms with Gasteiger partial charge in [0.2, 0.25) is 5.91 Å². The second kappa shape index (κ2) is 5.65. The molecule has 20 heavy (non-hydrogen) atoms. The summed E-state index contributed by atoms with van der Waals surface area (Å²) < 4.78 is 5.96. The Labute approximate surface area is 120 Å². The molecule has 6 nitrogen and oxygen atoms in total. The Hall–Kier alpha value is -1.21. The van der Waals surface area contributed by atoms with Crippen LogP contribution in [-0.2, 0) is 18.8 Å². The van der Waals surface area contributed by atoms with Crippen molar-refractivity contribution in [3.8, 4) is 0 Å². The number of hydrogen-bond acceptors (Lipinski definition) is 4. The average Bonchev–Trinajstić information content (AvgIpc) is 2.29. The molecule has 1 rings (SSSR count). The topological polar surface area (TPSA) is 83.9 Å². The van der Waals surface area contributed by atoms with E-state index in [1.807, 2.05) is 0 Å². The minimum absolute atomic E-state index is 0.113. The lowest BCUT2D eigenvalue weighted by Crippen LogP contribution is -2.57. The summed E-state index contributed by atoms with van der Waals surface area (Å²) in [5, 5.41) is 8.64. The van der Waals surface area contributed by atoms with Crippen molar-refractivity contribution in [1.82, 2.24) is 4.90 Å². The zero-order valence-electron chi connectivity index (χ0n) is 12.7. The molecule has 0 spiro atoms. The number of aliphatic carboxylic acids is 1. The van der Waals surface area contributed by atoms with Crippen LogP contribution in [0.25, 0.3) is 0 Å². The molecule has 2 amide bonds. The molecule has 0 aromatic carbocycles. The maximum Gasteiger partial charge on any atom is 0.395 e. The Balaban J connectivity index is 2.39. The maximum absolute atomic E-state index is 11.7. The van der Waals surface area contributed by atoms with Crippen LogP contribution in [0.4, 0.5) is 0 Å². The van der Waals surface area contributed by atoms with Gasteiger partial charge in [-0.15, -0.1) is 0 Å². The molecule has 1 aliphatic rings. The average molecular weight is 301 g/mol. The Morgan fingerprint density at radius 3 is 2.35 bits per heavy atom. The van der Waals surface area contributed by atoms with E-state index in [2.05, 4.69) is 33.9 Å². The standard InChI is InChI=1S/C13H23NO5Si/c1-13(2,3)20(4,5)19-7-6-9-8-14(10(9)15)11(16)12(17)18/h9H,6-8H2,1-5H3,(H,17,18)/t9-/m1/s1. The third-order valence-corrected chi connectivity index (χ3v) is 8.72. The fourth-order valence-corrected chi connectivity index (χ4v) is 2.74. The zero-order chi connectivity index (χ0) is 15.7. The molecule has 1 N–H and O–H groups in total. The highest BCUT2D eigenvalue weighted by molar-refractivity contribution is 6.74. The number of β-lactam (4-membered cyclic amide) rings is 1. The normalized spacial score (nSPS) is 19.8. The molecule has 0 aromatic rings. The van der Waals surface area contributed by atoms with Crippen LogP contribution in [0, 0.1) is 5.92 Å². The second-order valence-corrected chi connectivity index (χ2v) is 11.5. The number of hydrogen-bond donors (Lipinski definition) is 1. The largest absolute Gasteiger partial charge is 0.474 e. The Morgan fingerprint density at radius 1 is 1.40 bits per heavy atom. The van der Waals surface area contributed by atoms with E-state index >= 15 is 0 Å². The number of carbonyl (C=O) groups excluding carboxylic acids is 2. The van der Waals surface area contributed by atoms with Crippen LogP contribution in [0.15, 0.2) is 0 Å². The number of imide groups is 1. The molecular weight excluding hydrogens is 278 g/mol. The zero-order valence-corrected chi connectivity index (χ0v) is 13.7. The summed E-state index contributed by atoms with van der Waals surface area (Å²) in [5.41, 5.74) is 0. The first-order valence-electron chi connectivity index (χ1n) is 6.70. The van der Waals surface area contributed by atoms with Crippen molar-refractivity contribution in [2.24, 2.45) is 5.92 Å². The van der Waals surface area contributed by atoms with Gasteiger partial charge in [-0.2, -0.15) is 0 Å². The van der Waals surface area contributed by atoms with Gasteiger partial charge in [0.15, 0.2) is 8.32 Å². The van der Waals surface area contributed by atoms with Gasteiger partial charge in [-0.25, -0.2) is 4.79 Å². The number of nitrogens with zero attached hydrogens (tertiary/aromatic N) is 1. The smallest absolute Gasteiger partial charge is 0.395 e. The Kier molecular flexibility index (Phi) is 4.76. The molecule has 1 fully saturated rings. The van der Waals surface area contributed by atoms with Crippen molar-refractivity contribution in [2.75, 3.05) is 13.2 Å². The lowest BCUT2D eigenvalue weighted by atomic mass is 9.95. The predicted octanol–water partition coefficient (Wildman–Crippen LogP) is 1.47. The van der Waals surface area contributed by atoms with E-state index in [1.54, 1.807) is 0 Å². The summed E-state index contributed by atoms with van der Waals surface area (Å²) in [7, 11) is -1.83. The minimum atomic E-state index is -1.83. The first-order chi connectivity index (χ1) is 8.97. The van der Waals surface area contributed by atoms with Crippen LogP contribution < -0.4 is 0 Å². The molecule has 1 aliphatic heterocycles. The van der Waals surface area contributed by atoms with E-state index in [4.69, 9.17) is 9.53 Å². The van der Waals surface area contributed by atoms with Gasteiger partial charge in [0.25, 0.3) is 0 Å². The summed E-state index contributed by atoms with van der Waals surface area (Å²) in [6.45, 7) is 11.3. The monoisotopic (exact) mass is 301 g/mol. The third-order valence-electron chi connectivity index (χ3n) is 4.18. The van der Waals surface area contributed by atoms with Crippen molar-refractivity contribution in [2.45, 2.75) is 45.3 Å². The van der Waals surface area contributed by atoms with Crippen LogP contribution in [0.2, 0.25) is 18.1 Å². The summed E-state index contributed by atoms with van der Waals surface area (Å²) in [5.74, 6) is -3.43. The molecule has 0 aromatic heterocycles. The summed E-state index contributed by atoms with van der Waals surface area (Å²) in [4.78, 5) is 34.0. The Morgan fingerprint density at radius 2 is 1.95 bits per heavy atom. The number of carbonyl (C=O) groups is 3. The molecule has 114 valence electrons. The minimum Gasteiger partial charge on any atom is -0.474 e. The lowest BCUT2D eigenvalue weighted by molar-refractivity contribution is -0.168. The molecule has 0 bridgehead atoms. The number of likely N-dealkylation sites (tertiary alicyclic amines) is 1. The summed E-state index contributed by atoms with van der Waals surface area (Å²) in [6.07, 6.45) is 0.536. The molecule has 1 atom stereocenters. The number of rotatable bonds is 4. The lowest BCUT2D eigenvalue weighted by Gasteiger charge is -2.38. The fourth-order valence-electron chi connectivity index (χ4n) is 1.68. The highest BCUT2D eigenvalue weighted by atomic mass is 28.4. The maximum atomic E-state index is 11.7. The first-order valence-corrected chi connectivity index (χ1v) is 9.61. The van der Waals surface area contributed by atoms with Crippen LogP contribution in [0.5, 0.6) is 0 Å². The number of amides is 2. The molecular formula is C13H23NO5Si. The first kappa shape index (κ1) is 16.8. The highest BCUT2D eigenvalue weighted by Gasteiger charge is 2.43. The van der Waals surface area contributed by atoms with Crippen molar-refractivity contribution < 1.29 is 23.9 Å². The van der Waals surface area contributed by atoms with Gasteiger partial charge in [-0.3, -0.25) is 14.5 Å². The van der Waals surface area contributed by atoms with E-state index < -0.39 is 26.1 Å². The van der Waals surface area contributed by atoms with E-state index in [9.17, 15) is 14.4 Å². The number of carboxylic acids is 1. The summed E-state index contributed by atoms with van der Waals surface area (Å²) in [6, 6.07) is 0. The van der Waals surface area contributed by atoms with Crippen LogP contribution in [-0.4, -0.2) is 49.3 Å². The third kappa shape index (κ3) is 3.46. The van der Waals surface area contributed by atoms with Gasteiger partial charge in [0, 0.05) is 13.2 Å². The second-order valence-electron chi connectivity index (χ2n) is 6.65. The molecule has 1 saturated heterocycles. The SMILES string of the molecule is CC(C)(C)[Si](C)(C)OCC[C@@H]1CN(C(=O)C(=O)O)C1=O. The van der Waals surface area contributed by atoms with Gasteiger partial charge in [-0.1, -0.05) is 20.8 Å². The van der Waals surface area contributed by atoms with Crippen LogP contribution >= 0.6 is 0 Å². The van der Waals surface area contributed by atoms with E-state index in [1.165, 1.54) is 0 Å². The fraction of sp³-hybridized carbons (Fsp3) is 0.769. The summed E-state index contributed by atoms with van der Waals surface area (Å²) >= 11 is 0. The molecule has 0 aliphatic carbocycles. The number of carboxylic acid groups (broad SMARTS) is 1.